The van der Waals surface area contributed by atoms with Crippen molar-refractivity contribution in [3.05, 3.63) is 77.4 Å². The summed E-state index contributed by atoms with van der Waals surface area (Å²) in [6, 6.07) is 5.48. The Morgan fingerprint density at radius 1 is 1.14 bits per heavy atom. The minimum Gasteiger partial charge on any atom is -0.395 e. The Morgan fingerprint density at radius 2 is 1.94 bits per heavy atom. The molecule has 1 saturated heterocycles. The maximum atomic E-state index is 14.4. The van der Waals surface area contributed by atoms with Crippen molar-refractivity contribution in [1.29, 1.82) is 0 Å². The molecule has 1 N–H and O–H groups in total. The Kier molecular flexibility index (Phi) is 5.53. The molecule has 1 aliphatic carbocycles. The third-order valence-electron chi connectivity index (χ3n) is 7.08. The molecule has 36 heavy (non-hydrogen) atoms. The SMILES string of the molecule is C[C@H]1CCC(c2cncc(-n3cnc(C4(CO)COC4)n3)n2)c2nnc(-c3c(F)cccc3F)cc21. The molecule has 4 aromatic rings. The van der Waals surface area contributed by atoms with Crippen LogP contribution in [0.4, 0.5) is 8.78 Å². The molecule has 3 aromatic heterocycles. The summed E-state index contributed by atoms with van der Waals surface area (Å²) in [6.45, 7) is 2.71. The van der Waals surface area contributed by atoms with E-state index in [2.05, 4.69) is 32.2 Å². The fraction of sp³-hybridized carbons (Fsp3) is 0.360. The minimum atomic E-state index is -0.675. The van der Waals surface area contributed by atoms with Crippen molar-refractivity contribution in [1.82, 2.24) is 34.9 Å². The number of aromatic nitrogens is 7. The summed E-state index contributed by atoms with van der Waals surface area (Å²) in [5.41, 5.74) is 1.73. The maximum absolute atomic E-state index is 14.4. The molecule has 1 fully saturated rings. The number of aliphatic hydroxyl groups is 1. The number of benzene rings is 1. The molecule has 0 saturated carbocycles. The number of rotatable bonds is 5. The zero-order valence-electron chi connectivity index (χ0n) is 19.5. The highest BCUT2D eigenvalue weighted by atomic mass is 19.1. The Labute approximate surface area is 205 Å². The monoisotopic (exact) mass is 491 g/mol. The van der Waals surface area contributed by atoms with Crippen LogP contribution in [-0.4, -0.2) is 59.9 Å². The molecule has 0 spiro atoms. The van der Waals surface area contributed by atoms with E-state index in [0.29, 0.717) is 30.5 Å². The van der Waals surface area contributed by atoms with Crippen LogP contribution in [0.1, 0.15) is 54.4 Å². The molecule has 0 radical (unpaired) electrons. The van der Waals surface area contributed by atoms with Crippen LogP contribution in [0.2, 0.25) is 0 Å². The number of nitrogens with zero attached hydrogens (tertiary/aromatic N) is 7. The van der Waals surface area contributed by atoms with Crippen LogP contribution in [0.5, 0.6) is 0 Å². The lowest BCUT2D eigenvalue weighted by molar-refractivity contribution is -0.0883. The van der Waals surface area contributed by atoms with Crippen LogP contribution in [0, 0.1) is 11.6 Å². The molecule has 0 bridgehead atoms. The molecule has 4 heterocycles. The van der Waals surface area contributed by atoms with Gasteiger partial charge in [0, 0.05) is 12.1 Å². The van der Waals surface area contributed by atoms with Gasteiger partial charge in [-0.25, -0.2) is 23.4 Å². The van der Waals surface area contributed by atoms with E-state index in [9.17, 15) is 13.9 Å². The lowest BCUT2D eigenvalue weighted by Crippen LogP contribution is -2.50. The van der Waals surface area contributed by atoms with Gasteiger partial charge in [0.15, 0.2) is 11.6 Å². The van der Waals surface area contributed by atoms with Crippen molar-refractivity contribution in [2.45, 2.75) is 37.0 Å². The van der Waals surface area contributed by atoms with E-state index in [1.54, 1.807) is 24.8 Å². The molecule has 184 valence electrons. The maximum Gasteiger partial charge on any atom is 0.173 e. The lowest BCUT2D eigenvalue weighted by atomic mass is 9.79. The molecule has 2 aliphatic rings. The fourth-order valence-corrected chi connectivity index (χ4v) is 4.85. The second kappa shape index (κ2) is 8.75. The lowest BCUT2D eigenvalue weighted by Gasteiger charge is -2.37. The van der Waals surface area contributed by atoms with Gasteiger partial charge in [0.1, 0.15) is 23.4 Å². The number of aliphatic hydroxyl groups excluding tert-OH is 1. The van der Waals surface area contributed by atoms with Gasteiger partial charge in [-0.1, -0.05) is 13.0 Å². The molecule has 9 nitrogen and oxygen atoms in total. The van der Waals surface area contributed by atoms with Crippen LogP contribution in [0.15, 0.2) is 43.0 Å². The van der Waals surface area contributed by atoms with Gasteiger partial charge in [-0.05, 0) is 42.5 Å². The first-order chi connectivity index (χ1) is 17.5. The van der Waals surface area contributed by atoms with Crippen LogP contribution in [-0.2, 0) is 10.2 Å². The van der Waals surface area contributed by atoms with Gasteiger partial charge in [0.25, 0.3) is 0 Å². The molecular weight excluding hydrogens is 468 g/mol. The number of hydrogen-bond donors (Lipinski definition) is 1. The van der Waals surface area contributed by atoms with Gasteiger partial charge in [-0.2, -0.15) is 5.10 Å². The summed E-state index contributed by atoms with van der Waals surface area (Å²) >= 11 is 0. The molecule has 1 aliphatic heterocycles. The highest BCUT2D eigenvalue weighted by molar-refractivity contribution is 5.62. The van der Waals surface area contributed by atoms with Crippen molar-refractivity contribution in [3.63, 3.8) is 0 Å². The van der Waals surface area contributed by atoms with Gasteiger partial charge >= 0.3 is 0 Å². The van der Waals surface area contributed by atoms with Crippen molar-refractivity contribution in [2.75, 3.05) is 19.8 Å². The molecule has 11 heteroatoms. The highest BCUT2D eigenvalue weighted by Crippen LogP contribution is 2.41. The van der Waals surface area contributed by atoms with E-state index in [-0.39, 0.29) is 29.7 Å². The summed E-state index contributed by atoms with van der Waals surface area (Å²) in [6.07, 6.45) is 6.45. The van der Waals surface area contributed by atoms with Gasteiger partial charge in [-0.15, -0.1) is 10.2 Å². The Balaban J connectivity index is 1.35. The third-order valence-corrected chi connectivity index (χ3v) is 7.08. The van der Waals surface area contributed by atoms with Gasteiger partial charge < -0.3 is 9.84 Å². The predicted octanol–water partition coefficient (Wildman–Crippen LogP) is 3.08. The van der Waals surface area contributed by atoms with E-state index in [4.69, 9.17) is 9.72 Å². The first-order valence-electron chi connectivity index (χ1n) is 11.7. The molecule has 0 amide bonds. The third kappa shape index (κ3) is 3.66. The van der Waals surface area contributed by atoms with E-state index >= 15 is 0 Å². The quantitative estimate of drug-likeness (QED) is 0.453. The standard InChI is InChI=1S/C25H23F2N7O2/c1-14-5-6-15(23-16(14)7-19(31-32-23)22-17(26)3-2-4-18(22)27)20-8-28-9-21(30-20)34-13-29-24(33-34)25(10-35)11-36-12-25/h2-4,7-9,13-15,35H,5-6,10-12H2,1H3/t14-,15?/m0/s1. The van der Waals surface area contributed by atoms with Crippen LogP contribution in [0.3, 0.4) is 0 Å². The molecule has 1 aromatic carbocycles. The number of halogens is 2. The zero-order chi connectivity index (χ0) is 24.9. The Hall–Kier alpha value is -3.70. The zero-order valence-corrected chi connectivity index (χ0v) is 19.5. The first-order valence-corrected chi connectivity index (χ1v) is 11.7. The van der Waals surface area contributed by atoms with E-state index < -0.39 is 17.0 Å². The normalized spacial score (nSPS) is 20.6. The summed E-state index contributed by atoms with van der Waals surface area (Å²) in [4.78, 5) is 13.5. The van der Waals surface area contributed by atoms with E-state index in [1.165, 1.54) is 22.9 Å². The number of ether oxygens (including phenoxy) is 1. The largest absolute Gasteiger partial charge is 0.395 e. The summed E-state index contributed by atoms with van der Waals surface area (Å²) in [7, 11) is 0. The fourth-order valence-electron chi connectivity index (χ4n) is 4.85. The van der Waals surface area contributed by atoms with Crippen LogP contribution in [0.25, 0.3) is 17.1 Å². The summed E-state index contributed by atoms with van der Waals surface area (Å²) in [5.74, 6) is -0.397. The predicted molar refractivity (Wildman–Crippen MR) is 123 cm³/mol. The average Bonchev–Trinajstić information content (AvgIpc) is 3.35. The van der Waals surface area contributed by atoms with Gasteiger partial charge in [0.05, 0.1) is 48.7 Å². The van der Waals surface area contributed by atoms with Crippen LogP contribution < -0.4 is 0 Å². The van der Waals surface area contributed by atoms with Gasteiger partial charge in [0.2, 0.25) is 0 Å². The molecule has 6 rings (SSSR count). The van der Waals surface area contributed by atoms with E-state index in [0.717, 1.165) is 24.1 Å². The molecule has 1 unspecified atom stereocenters. The second-order valence-electron chi connectivity index (χ2n) is 9.44. The Bertz CT molecular complexity index is 1410. The van der Waals surface area contributed by atoms with Crippen LogP contribution >= 0.6 is 0 Å². The van der Waals surface area contributed by atoms with E-state index in [1.807, 2.05) is 0 Å². The number of hydrogen-bond acceptors (Lipinski definition) is 8. The second-order valence-corrected chi connectivity index (χ2v) is 9.44. The van der Waals surface area contributed by atoms with Crippen molar-refractivity contribution >= 4 is 0 Å². The summed E-state index contributed by atoms with van der Waals surface area (Å²) in [5, 5.41) is 22.9. The minimum absolute atomic E-state index is 0.1000. The first kappa shape index (κ1) is 22.7. The van der Waals surface area contributed by atoms with Crippen molar-refractivity contribution in [2.24, 2.45) is 0 Å². The number of fused-ring (bicyclic) bond motifs is 1. The van der Waals surface area contributed by atoms with Gasteiger partial charge in [-0.3, -0.25) is 4.98 Å². The molecular formula is C25H23F2N7O2. The Morgan fingerprint density at radius 3 is 2.67 bits per heavy atom. The summed E-state index contributed by atoms with van der Waals surface area (Å²) < 4.78 is 35.5. The average molecular weight is 492 g/mol. The highest BCUT2D eigenvalue weighted by Gasteiger charge is 2.43. The smallest absolute Gasteiger partial charge is 0.173 e. The van der Waals surface area contributed by atoms with Crippen molar-refractivity contribution < 1.29 is 18.6 Å². The molecule has 2 atom stereocenters. The topological polar surface area (TPSA) is 112 Å². The van der Waals surface area contributed by atoms with Crippen molar-refractivity contribution in [3.8, 4) is 17.1 Å².